The first-order valence-electron chi connectivity index (χ1n) is 10.1. The van der Waals surface area contributed by atoms with Gasteiger partial charge in [0.25, 0.3) is 0 Å². The van der Waals surface area contributed by atoms with Gasteiger partial charge in [0.15, 0.2) is 0 Å². The molecule has 1 unspecified atom stereocenters. The number of rotatable bonds is 9. The number of nitrogens with zero attached hydrogens (tertiary/aromatic N) is 2. The van der Waals surface area contributed by atoms with Crippen molar-refractivity contribution in [1.29, 1.82) is 0 Å². The van der Waals surface area contributed by atoms with Crippen molar-refractivity contribution >= 4 is 21.4 Å². The molecule has 1 fully saturated rings. The Kier molecular flexibility index (Phi) is 7.70. The molecule has 3 rings (SSSR count). The summed E-state index contributed by atoms with van der Waals surface area (Å²) >= 11 is 1.64. The van der Waals surface area contributed by atoms with E-state index in [2.05, 4.69) is 33.0 Å². The highest BCUT2D eigenvalue weighted by atomic mass is 32.2. The molecule has 1 atom stereocenters. The fourth-order valence-electron chi connectivity index (χ4n) is 3.49. The number of ether oxygens (including phenoxy) is 1. The maximum Gasteiger partial charge on any atom is 0.240 e. The molecule has 1 saturated heterocycles. The molecule has 8 heteroatoms. The van der Waals surface area contributed by atoms with Crippen LogP contribution < -0.4 is 9.46 Å². The van der Waals surface area contributed by atoms with Crippen molar-refractivity contribution in [2.75, 3.05) is 46.4 Å². The van der Waals surface area contributed by atoms with E-state index in [0.717, 1.165) is 43.9 Å². The van der Waals surface area contributed by atoms with Gasteiger partial charge in [-0.3, -0.25) is 4.90 Å². The maximum atomic E-state index is 12.9. The Hall–Kier alpha value is -1.45. The lowest BCUT2D eigenvalue weighted by molar-refractivity contribution is 0.113. The lowest BCUT2D eigenvalue weighted by Crippen LogP contribution is -2.48. The second kappa shape index (κ2) is 10.0. The first kappa shape index (κ1) is 22.2. The SMILES string of the molecule is CCCOc1ccc(S(=O)(=O)NCC(c2ccsc2)N2CCN(C)CC2)cc1C. The van der Waals surface area contributed by atoms with E-state index in [1.54, 1.807) is 29.5 Å². The number of sulfonamides is 1. The molecule has 1 aromatic carbocycles. The maximum absolute atomic E-state index is 12.9. The van der Waals surface area contributed by atoms with Crippen molar-refractivity contribution in [2.45, 2.75) is 31.2 Å². The van der Waals surface area contributed by atoms with Crippen LogP contribution in [0.1, 0.15) is 30.5 Å². The topological polar surface area (TPSA) is 61.9 Å². The molecule has 0 saturated carbocycles. The van der Waals surface area contributed by atoms with Crippen LogP contribution in [-0.2, 0) is 10.0 Å². The standard InChI is InChI=1S/C21H31N3O3S2/c1-4-12-27-21-6-5-19(14-17(21)2)29(25,26)22-15-20(18-7-13-28-16-18)24-10-8-23(3)9-11-24/h5-7,13-14,16,20,22H,4,8-12,15H2,1-3H3. The normalized spacial score (nSPS) is 17.3. The van der Waals surface area contributed by atoms with E-state index in [9.17, 15) is 8.42 Å². The summed E-state index contributed by atoms with van der Waals surface area (Å²) in [6.45, 7) is 8.75. The highest BCUT2D eigenvalue weighted by Gasteiger charge is 2.26. The summed E-state index contributed by atoms with van der Waals surface area (Å²) in [5.74, 6) is 0.736. The first-order chi connectivity index (χ1) is 13.9. The zero-order valence-electron chi connectivity index (χ0n) is 17.4. The summed E-state index contributed by atoms with van der Waals surface area (Å²) in [4.78, 5) is 4.95. The Labute approximate surface area is 178 Å². The van der Waals surface area contributed by atoms with Crippen LogP contribution in [0.4, 0.5) is 0 Å². The molecule has 160 valence electrons. The van der Waals surface area contributed by atoms with E-state index in [1.165, 1.54) is 5.56 Å². The van der Waals surface area contributed by atoms with E-state index < -0.39 is 10.0 Å². The number of aryl methyl sites for hydroxylation is 1. The molecule has 1 aliphatic heterocycles. The van der Waals surface area contributed by atoms with Crippen molar-refractivity contribution < 1.29 is 13.2 Å². The Morgan fingerprint density at radius 2 is 1.97 bits per heavy atom. The molecule has 29 heavy (non-hydrogen) atoms. The summed E-state index contributed by atoms with van der Waals surface area (Å²) in [7, 11) is -1.47. The third-order valence-corrected chi connectivity index (χ3v) is 7.41. The van der Waals surface area contributed by atoms with Crippen LogP contribution in [-0.4, -0.2) is 64.6 Å². The predicted molar refractivity (Wildman–Crippen MR) is 118 cm³/mol. The molecule has 6 nitrogen and oxygen atoms in total. The van der Waals surface area contributed by atoms with Crippen molar-refractivity contribution in [3.63, 3.8) is 0 Å². The zero-order valence-corrected chi connectivity index (χ0v) is 19.1. The van der Waals surface area contributed by atoms with Crippen LogP contribution in [0.25, 0.3) is 0 Å². The van der Waals surface area contributed by atoms with Gasteiger partial charge in [-0.05, 0) is 66.5 Å². The molecule has 1 aromatic heterocycles. The predicted octanol–water partition coefficient (Wildman–Crippen LogP) is 3.11. The van der Waals surface area contributed by atoms with Gasteiger partial charge in [0.1, 0.15) is 5.75 Å². The molecule has 1 aliphatic rings. The average molecular weight is 438 g/mol. The van der Waals surface area contributed by atoms with Gasteiger partial charge in [-0.1, -0.05) is 6.92 Å². The number of piperazine rings is 1. The lowest BCUT2D eigenvalue weighted by Gasteiger charge is -2.37. The molecule has 0 spiro atoms. The van der Waals surface area contributed by atoms with E-state index in [-0.39, 0.29) is 10.9 Å². The van der Waals surface area contributed by atoms with Gasteiger partial charge in [0.2, 0.25) is 10.0 Å². The van der Waals surface area contributed by atoms with Crippen molar-refractivity contribution in [3.8, 4) is 5.75 Å². The number of benzene rings is 1. The number of hydrogen-bond acceptors (Lipinski definition) is 6. The molecule has 0 bridgehead atoms. The van der Waals surface area contributed by atoms with E-state index in [0.29, 0.717) is 13.2 Å². The van der Waals surface area contributed by atoms with Gasteiger partial charge < -0.3 is 9.64 Å². The van der Waals surface area contributed by atoms with E-state index in [1.807, 2.05) is 19.2 Å². The summed E-state index contributed by atoms with van der Waals surface area (Å²) < 4.78 is 34.4. The van der Waals surface area contributed by atoms with Crippen LogP contribution in [0.5, 0.6) is 5.75 Å². The summed E-state index contributed by atoms with van der Waals surface area (Å²) in [5, 5.41) is 4.16. The minimum absolute atomic E-state index is 0.0398. The van der Waals surface area contributed by atoms with Crippen molar-refractivity contribution in [3.05, 3.63) is 46.2 Å². The Balaban J connectivity index is 1.72. The minimum atomic E-state index is -3.59. The second-order valence-corrected chi connectivity index (χ2v) is 10.1. The van der Waals surface area contributed by atoms with Crippen LogP contribution in [0, 0.1) is 6.92 Å². The Morgan fingerprint density at radius 3 is 2.59 bits per heavy atom. The average Bonchev–Trinajstić information content (AvgIpc) is 3.23. The highest BCUT2D eigenvalue weighted by molar-refractivity contribution is 7.89. The quantitative estimate of drug-likeness (QED) is 0.653. The second-order valence-electron chi connectivity index (χ2n) is 7.54. The summed E-state index contributed by atoms with van der Waals surface area (Å²) in [6, 6.07) is 7.18. The van der Waals surface area contributed by atoms with Gasteiger partial charge in [0.05, 0.1) is 11.5 Å². The number of nitrogens with one attached hydrogen (secondary N) is 1. The van der Waals surface area contributed by atoms with Gasteiger partial charge in [-0.2, -0.15) is 11.3 Å². The lowest BCUT2D eigenvalue weighted by atomic mass is 10.1. The van der Waals surface area contributed by atoms with Gasteiger partial charge in [-0.15, -0.1) is 0 Å². The smallest absolute Gasteiger partial charge is 0.240 e. The molecule has 2 aromatic rings. The van der Waals surface area contributed by atoms with Crippen LogP contribution in [0.2, 0.25) is 0 Å². The fraction of sp³-hybridized carbons (Fsp3) is 0.524. The van der Waals surface area contributed by atoms with E-state index >= 15 is 0 Å². The van der Waals surface area contributed by atoms with Gasteiger partial charge in [-0.25, -0.2) is 13.1 Å². The molecule has 0 radical (unpaired) electrons. The third kappa shape index (κ3) is 5.79. The van der Waals surface area contributed by atoms with Crippen LogP contribution in [0.15, 0.2) is 39.9 Å². The fourth-order valence-corrected chi connectivity index (χ4v) is 5.32. The van der Waals surface area contributed by atoms with Gasteiger partial charge in [0, 0.05) is 38.8 Å². The van der Waals surface area contributed by atoms with Crippen molar-refractivity contribution in [1.82, 2.24) is 14.5 Å². The Morgan fingerprint density at radius 1 is 1.21 bits per heavy atom. The van der Waals surface area contributed by atoms with E-state index in [4.69, 9.17) is 4.74 Å². The van der Waals surface area contributed by atoms with Crippen molar-refractivity contribution in [2.24, 2.45) is 0 Å². The summed E-state index contributed by atoms with van der Waals surface area (Å²) in [6.07, 6.45) is 0.914. The van der Waals surface area contributed by atoms with Gasteiger partial charge >= 0.3 is 0 Å². The summed E-state index contributed by atoms with van der Waals surface area (Å²) in [5.41, 5.74) is 2.00. The molecule has 2 heterocycles. The number of thiophene rings is 1. The van der Waals surface area contributed by atoms with Crippen LogP contribution >= 0.6 is 11.3 Å². The Bertz CT molecular complexity index is 877. The number of likely N-dealkylation sites (N-methyl/N-ethyl adjacent to an activating group) is 1. The zero-order chi connectivity index (χ0) is 20.9. The minimum Gasteiger partial charge on any atom is -0.493 e. The molecule has 0 amide bonds. The molecule has 1 N–H and O–H groups in total. The first-order valence-corrected chi connectivity index (χ1v) is 12.5. The third-order valence-electron chi connectivity index (χ3n) is 5.29. The monoisotopic (exact) mass is 437 g/mol. The highest BCUT2D eigenvalue weighted by Crippen LogP contribution is 2.25. The number of hydrogen-bond donors (Lipinski definition) is 1. The molecular weight excluding hydrogens is 406 g/mol. The largest absolute Gasteiger partial charge is 0.493 e. The molecular formula is C21H31N3O3S2. The molecule has 0 aliphatic carbocycles. The van der Waals surface area contributed by atoms with Crippen LogP contribution in [0.3, 0.4) is 0 Å².